The van der Waals surface area contributed by atoms with Crippen molar-refractivity contribution in [1.82, 2.24) is 19.4 Å². The van der Waals surface area contributed by atoms with E-state index >= 15 is 0 Å². The molecule has 158 valence electrons. The van der Waals surface area contributed by atoms with Gasteiger partial charge < -0.3 is 14.8 Å². The molecule has 0 radical (unpaired) electrons. The lowest BCUT2D eigenvalue weighted by atomic mass is 10.2. The molecule has 30 heavy (non-hydrogen) atoms. The molecule has 0 aliphatic heterocycles. The van der Waals surface area contributed by atoms with E-state index in [0.29, 0.717) is 22.1 Å². The summed E-state index contributed by atoms with van der Waals surface area (Å²) in [5.41, 5.74) is 2.61. The van der Waals surface area contributed by atoms with Gasteiger partial charge in [0.05, 0.1) is 23.2 Å². The highest BCUT2D eigenvalue weighted by molar-refractivity contribution is 7.92. The van der Waals surface area contributed by atoms with Crippen molar-refractivity contribution >= 4 is 38.1 Å². The predicted molar refractivity (Wildman–Crippen MR) is 115 cm³/mol. The van der Waals surface area contributed by atoms with Crippen LogP contribution in [-0.2, 0) is 9.84 Å². The third kappa shape index (κ3) is 3.42. The van der Waals surface area contributed by atoms with Crippen LogP contribution in [0.5, 0.6) is 5.75 Å². The number of aliphatic hydroxyl groups is 1. The van der Waals surface area contributed by atoms with E-state index in [9.17, 15) is 8.42 Å². The van der Waals surface area contributed by atoms with E-state index in [2.05, 4.69) is 15.0 Å². The zero-order valence-corrected chi connectivity index (χ0v) is 18.3. The van der Waals surface area contributed by atoms with Gasteiger partial charge in [-0.3, -0.25) is 4.40 Å². The molecule has 4 rings (SSSR count). The first-order valence-corrected chi connectivity index (χ1v) is 11.1. The molecule has 0 bridgehead atoms. The molecular weight excluding hydrogens is 428 g/mol. The number of aromatic amines is 1. The highest BCUT2D eigenvalue weighted by atomic mass is 35.5. The summed E-state index contributed by atoms with van der Waals surface area (Å²) in [4.78, 5) is 11.8. The van der Waals surface area contributed by atoms with Crippen molar-refractivity contribution in [2.75, 3.05) is 13.2 Å². The van der Waals surface area contributed by atoms with E-state index < -0.39 is 14.6 Å². The zero-order valence-electron chi connectivity index (χ0n) is 16.7. The molecule has 0 amide bonds. The number of aliphatic hydroxyl groups excluding tert-OH is 1. The molecule has 0 atom stereocenters. The molecule has 10 heteroatoms. The molecule has 0 aromatic carbocycles. The number of ether oxygens (including phenoxy) is 1. The normalized spacial score (nSPS) is 12.7. The summed E-state index contributed by atoms with van der Waals surface area (Å²) in [5.74, 6) is 0.162. The second kappa shape index (κ2) is 7.26. The Bertz CT molecular complexity index is 1350. The van der Waals surface area contributed by atoms with Crippen LogP contribution in [0.3, 0.4) is 0 Å². The number of H-pyrrole nitrogens is 1. The Morgan fingerprint density at radius 1 is 1.20 bits per heavy atom. The van der Waals surface area contributed by atoms with Crippen molar-refractivity contribution in [1.29, 1.82) is 0 Å². The fourth-order valence-electron chi connectivity index (χ4n) is 3.12. The van der Waals surface area contributed by atoms with Gasteiger partial charge in [0.25, 0.3) is 0 Å². The van der Waals surface area contributed by atoms with Crippen LogP contribution in [0.2, 0.25) is 5.15 Å². The monoisotopic (exact) mass is 448 g/mol. The van der Waals surface area contributed by atoms with Gasteiger partial charge in [-0.05, 0) is 32.9 Å². The summed E-state index contributed by atoms with van der Waals surface area (Å²) < 4.78 is 32.6. The van der Waals surface area contributed by atoms with Crippen LogP contribution >= 0.6 is 11.6 Å². The minimum absolute atomic E-state index is 0.0226. The quantitative estimate of drug-likeness (QED) is 0.483. The van der Waals surface area contributed by atoms with Gasteiger partial charge >= 0.3 is 0 Å². The average Bonchev–Trinajstić information content (AvgIpc) is 3.25. The number of nitrogens with zero attached hydrogens (tertiary/aromatic N) is 3. The Labute approximate surface area is 178 Å². The standard InChI is InChI=1S/C20H21ClN4O4S/c1-20(2,3)30(27,28)16-11-25-14(10-22-18(25)8-15(16)29-5-4-26)13-6-12-7-17(21)24-19(12)23-9-13/h6-11,26H,4-5H2,1-3H3,(H,23,24). The minimum Gasteiger partial charge on any atom is -0.490 e. The minimum atomic E-state index is -3.73. The SMILES string of the molecule is CC(C)(C)S(=O)(=O)c1cn2c(-c3cnc4[nH]c(Cl)cc4c3)cnc2cc1OCCO. The van der Waals surface area contributed by atoms with Gasteiger partial charge in [-0.2, -0.15) is 0 Å². The Hall–Kier alpha value is -2.62. The molecule has 0 aliphatic rings. The molecule has 0 unspecified atom stereocenters. The lowest BCUT2D eigenvalue weighted by molar-refractivity contribution is 0.198. The van der Waals surface area contributed by atoms with Gasteiger partial charge in [-0.1, -0.05) is 11.6 Å². The van der Waals surface area contributed by atoms with Crippen LogP contribution in [0.1, 0.15) is 20.8 Å². The number of hydrogen-bond acceptors (Lipinski definition) is 6. The second-order valence-electron chi connectivity index (χ2n) is 7.84. The van der Waals surface area contributed by atoms with Crippen LogP contribution in [-0.4, -0.2) is 50.8 Å². The number of sulfone groups is 1. The van der Waals surface area contributed by atoms with Crippen LogP contribution in [0.25, 0.3) is 27.9 Å². The maximum Gasteiger partial charge on any atom is 0.188 e. The fraction of sp³-hybridized carbons (Fsp3) is 0.300. The van der Waals surface area contributed by atoms with E-state index in [4.69, 9.17) is 21.4 Å². The maximum absolute atomic E-state index is 13.2. The van der Waals surface area contributed by atoms with Gasteiger partial charge in [-0.15, -0.1) is 0 Å². The summed E-state index contributed by atoms with van der Waals surface area (Å²) in [6.45, 7) is 4.63. The Morgan fingerprint density at radius 2 is 1.97 bits per heavy atom. The van der Waals surface area contributed by atoms with Crippen molar-refractivity contribution in [2.24, 2.45) is 0 Å². The van der Waals surface area contributed by atoms with Gasteiger partial charge in [-0.25, -0.2) is 18.4 Å². The number of nitrogens with one attached hydrogen (secondary N) is 1. The number of aromatic nitrogens is 4. The van der Waals surface area contributed by atoms with E-state index in [1.165, 1.54) is 6.20 Å². The summed E-state index contributed by atoms with van der Waals surface area (Å²) >= 11 is 6.02. The van der Waals surface area contributed by atoms with Crippen LogP contribution in [0.4, 0.5) is 0 Å². The third-order valence-corrected chi connectivity index (χ3v) is 7.45. The molecule has 0 saturated carbocycles. The first-order chi connectivity index (χ1) is 14.1. The summed E-state index contributed by atoms with van der Waals surface area (Å²) in [6.07, 6.45) is 4.84. The molecule has 8 nitrogen and oxygen atoms in total. The number of hydrogen-bond donors (Lipinski definition) is 2. The smallest absolute Gasteiger partial charge is 0.188 e. The van der Waals surface area contributed by atoms with Crippen molar-refractivity contribution < 1.29 is 18.3 Å². The van der Waals surface area contributed by atoms with E-state index in [-0.39, 0.29) is 23.9 Å². The number of fused-ring (bicyclic) bond motifs is 2. The van der Waals surface area contributed by atoms with Gasteiger partial charge in [0.2, 0.25) is 0 Å². The average molecular weight is 449 g/mol. The molecule has 0 saturated heterocycles. The fourth-order valence-corrected chi connectivity index (χ4v) is 4.62. The summed E-state index contributed by atoms with van der Waals surface area (Å²) in [6, 6.07) is 5.24. The molecule has 0 spiro atoms. The van der Waals surface area contributed by atoms with E-state index in [0.717, 1.165) is 10.9 Å². The molecular formula is C20H21ClN4O4S. The summed E-state index contributed by atoms with van der Waals surface area (Å²) in [5, 5.41) is 10.4. The Balaban J connectivity index is 1.94. The van der Waals surface area contributed by atoms with Crippen LogP contribution < -0.4 is 4.74 Å². The highest BCUT2D eigenvalue weighted by Gasteiger charge is 2.34. The number of halogens is 1. The van der Waals surface area contributed by atoms with Crippen LogP contribution in [0.15, 0.2) is 41.7 Å². The molecule has 0 fully saturated rings. The van der Waals surface area contributed by atoms with Gasteiger partial charge in [0.1, 0.15) is 33.7 Å². The van der Waals surface area contributed by atoms with Crippen molar-refractivity contribution in [3.8, 4) is 17.0 Å². The number of imidazole rings is 1. The molecule has 4 aromatic rings. The molecule has 2 N–H and O–H groups in total. The Morgan fingerprint density at radius 3 is 2.67 bits per heavy atom. The summed E-state index contributed by atoms with van der Waals surface area (Å²) in [7, 11) is -3.73. The first-order valence-electron chi connectivity index (χ1n) is 9.26. The Kier molecular flexibility index (Phi) is 5.00. The number of rotatable bonds is 5. The van der Waals surface area contributed by atoms with Gasteiger partial charge in [0.15, 0.2) is 9.84 Å². The zero-order chi connectivity index (χ0) is 21.7. The first kappa shape index (κ1) is 20.6. The van der Waals surface area contributed by atoms with Crippen molar-refractivity contribution in [3.63, 3.8) is 0 Å². The molecule has 4 heterocycles. The predicted octanol–water partition coefficient (Wildman–Crippen LogP) is 3.47. The van der Waals surface area contributed by atoms with E-state index in [1.807, 2.05) is 6.07 Å². The van der Waals surface area contributed by atoms with Crippen LogP contribution in [0, 0.1) is 0 Å². The van der Waals surface area contributed by atoms with Crippen molar-refractivity contribution in [2.45, 2.75) is 30.4 Å². The topological polar surface area (TPSA) is 110 Å². The van der Waals surface area contributed by atoms with Crippen molar-refractivity contribution in [3.05, 3.63) is 41.9 Å². The van der Waals surface area contributed by atoms with Gasteiger partial charge in [0, 0.05) is 29.4 Å². The second-order valence-corrected chi connectivity index (χ2v) is 10.9. The lowest BCUT2D eigenvalue weighted by Crippen LogP contribution is -2.28. The third-order valence-electron chi connectivity index (χ3n) is 4.75. The number of pyridine rings is 2. The largest absolute Gasteiger partial charge is 0.490 e. The van der Waals surface area contributed by atoms with E-state index in [1.54, 1.807) is 49.7 Å². The lowest BCUT2D eigenvalue weighted by Gasteiger charge is -2.21. The molecule has 0 aliphatic carbocycles. The highest BCUT2D eigenvalue weighted by Crippen LogP contribution is 2.35. The molecule has 4 aromatic heterocycles. The maximum atomic E-state index is 13.2.